The highest BCUT2D eigenvalue weighted by molar-refractivity contribution is 6.15. The van der Waals surface area contributed by atoms with Gasteiger partial charge in [0.05, 0.1) is 17.3 Å². The standard InChI is InChI=1S/C21H22FN3O4/c1-10-6-24-7-12(3-13(24)5-23-10)17-16(22)4-14-18-20(17)29-9-11(2)25(18)8-15(19(14)26)21(27)28/h3-4,7,10-11,15,23H,5-6,8-9H2,1-2H3,(H,27,28)/t10-,11-,15?/m0/s1. The van der Waals surface area contributed by atoms with E-state index >= 15 is 4.39 Å². The van der Waals surface area contributed by atoms with E-state index in [4.69, 9.17) is 4.74 Å². The van der Waals surface area contributed by atoms with Gasteiger partial charge in [-0.25, -0.2) is 4.39 Å². The molecule has 8 heteroatoms. The van der Waals surface area contributed by atoms with Gasteiger partial charge in [0, 0.05) is 48.7 Å². The molecule has 0 amide bonds. The van der Waals surface area contributed by atoms with Crippen LogP contribution in [0.1, 0.15) is 29.9 Å². The number of carbonyl (C=O) groups is 2. The number of rotatable bonds is 2. The molecule has 152 valence electrons. The molecule has 29 heavy (non-hydrogen) atoms. The van der Waals surface area contributed by atoms with Crippen LogP contribution in [0.3, 0.4) is 0 Å². The van der Waals surface area contributed by atoms with Crippen molar-refractivity contribution in [2.45, 2.75) is 39.0 Å². The van der Waals surface area contributed by atoms with Crippen LogP contribution in [0.4, 0.5) is 10.1 Å². The molecular formula is C21H22FN3O4. The fourth-order valence-corrected chi connectivity index (χ4v) is 4.59. The molecule has 2 aromatic rings. The molecule has 7 nitrogen and oxygen atoms in total. The molecule has 3 atom stereocenters. The predicted molar refractivity (Wildman–Crippen MR) is 104 cm³/mol. The third-order valence-electron chi connectivity index (χ3n) is 6.13. The quantitative estimate of drug-likeness (QED) is 0.754. The summed E-state index contributed by atoms with van der Waals surface area (Å²) in [6.07, 6.45) is 1.92. The number of aliphatic carboxylic acids is 1. The normalized spacial score (nSPS) is 25.3. The number of fused-ring (bicyclic) bond motifs is 1. The van der Waals surface area contributed by atoms with Gasteiger partial charge >= 0.3 is 5.97 Å². The Hall–Kier alpha value is -2.87. The van der Waals surface area contributed by atoms with E-state index < -0.39 is 23.5 Å². The van der Waals surface area contributed by atoms with Gasteiger partial charge < -0.3 is 24.6 Å². The maximum Gasteiger partial charge on any atom is 0.316 e. The number of Topliss-reactive ketones (excluding diaryl/α,β-unsaturated/α-hetero) is 1. The van der Waals surface area contributed by atoms with Crippen molar-refractivity contribution in [3.8, 4) is 16.9 Å². The summed E-state index contributed by atoms with van der Waals surface area (Å²) in [5.74, 6) is -3.19. The van der Waals surface area contributed by atoms with Crippen LogP contribution in [0, 0.1) is 11.7 Å². The van der Waals surface area contributed by atoms with E-state index in [0.717, 1.165) is 12.2 Å². The van der Waals surface area contributed by atoms with Crippen molar-refractivity contribution in [2.75, 3.05) is 18.1 Å². The molecule has 4 heterocycles. The van der Waals surface area contributed by atoms with Gasteiger partial charge in [-0.2, -0.15) is 0 Å². The summed E-state index contributed by atoms with van der Waals surface area (Å²) in [5.41, 5.74) is 2.69. The number of nitrogens with one attached hydrogen (secondary N) is 1. The number of benzene rings is 1. The van der Waals surface area contributed by atoms with Crippen LogP contribution in [-0.4, -0.2) is 46.7 Å². The van der Waals surface area contributed by atoms with Crippen molar-refractivity contribution in [3.63, 3.8) is 0 Å². The molecule has 5 rings (SSSR count). The lowest BCUT2D eigenvalue weighted by Crippen LogP contribution is -2.50. The van der Waals surface area contributed by atoms with Gasteiger partial charge in [0.1, 0.15) is 18.3 Å². The minimum Gasteiger partial charge on any atom is -0.488 e. The van der Waals surface area contributed by atoms with E-state index in [9.17, 15) is 14.7 Å². The van der Waals surface area contributed by atoms with Crippen LogP contribution >= 0.6 is 0 Å². The maximum atomic E-state index is 15.3. The second kappa shape index (κ2) is 6.32. The van der Waals surface area contributed by atoms with Crippen LogP contribution in [0.5, 0.6) is 5.75 Å². The largest absolute Gasteiger partial charge is 0.488 e. The van der Waals surface area contributed by atoms with E-state index in [1.54, 1.807) is 0 Å². The molecule has 0 saturated heterocycles. The van der Waals surface area contributed by atoms with Gasteiger partial charge in [0.15, 0.2) is 11.5 Å². The number of ketones is 1. The molecular weight excluding hydrogens is 377 g/mol. The Bertz CT molecular complexity index is 1050. The lowest BCUT2D eigenvalue weighted by molar-refractivity contribution is -0.139. The third kappa shape index (κ3) is 2.66. The number of nitrogens with zero attached hydrogens (tertiary/aromatic N) is 2. The summed E-state index contributed by atoms with van der Waals surface area (Å²) in [6.45, 7) is 5.87. The summed E-state index contributed by atoms with van der Waals surface area (Å²) in [6, 6.07) is 3.34. The van der Waals surface area contributed by atoms with Gasteiger partial charge in [0.25, 0.3) is 0 Å². The van der Waals surface area contributed by atoms with Crippen LogP contribution in [-0.2, 0) is 17.9 Å². The molecule has 0 fully saturated rings. The number of anilines is 1. The summed E-state index contributed by atoms with van der Waals surface area (Å²) in [7, 11) is 0. The molecule has 0 radical (unpaired) electrons. The fraction of sp³-hybridized carbons (Fsp3) is 0.429. The van der Waals surface area contributed by atoms with E-state index in [-0.39, 0.29) is 18.2 Å². The van der Waals surface area contributed by atoms with E-state index in [1.807, 2.05) is 24.1 Å². The Morgan fingerprint density at radius 1 is 1.31 bits per heavy atom. The average Bonchev–Trinajstić information content (AvgIpc) is 3.08. The second-order valence-electron chi connectivity index (χ2n) is 8.18. The Morgan fingerprint density at radius 3 is 2.86 bits per heavy atom. The number of carboxylic acids is 1. The van der Waals surface area contributed by atoms with Crippen molar-refractivity contribution < 1.29 is 23.8 Å². The summed E-state index contributed by atoms with van der Waals surface area (Å²) < 4.78 is 23.3. The van der Waals surface area contributed by atoms with Gasteiger partial charge in [-0.15, -0.1) is 0 Å². The number of carboxylic acid groups (broad SMARTS) is 1. The molecule has 0 bridgehead atoms. The zero-order valence-electron chi connectivity index (χ0n) is 16.2. The van der Waals surface area contributed by atoms with E-state index in [1.165, 1.54) is 6.07 Å². The molecule has 0 spiro atoms. The minimum absolute atomic E-state index is 0.0669. The highest BCUT2D eigenvalue weighted by atomic mass is 19.1. The Morgan fingerprint density at radius 2 is 2.10 bits per heavy atom. The van der Waals surface area contributed by atoms with Gasteiger partial charge in [-0.05, 0) is 26.0 Å². The van der Waals surface area contributed by atoms with Gasteiger partial charge in [-0.3, -0.25) is 9.59 Å². The lowest BCUT2D eigenvalue weighted by atomic mass is 9.87. The molecule has 1 aromatic heterocycles. The number of halogens is 1. The van der Waals surface area contributed by atoms with Crippen molar-refractivity contribution in [1.29, 1.82) is 0 Å². The van der Waals surface area contributed by atoms with Gasteiger partial charge in [-0.1, -0.05) is 0 Å². The first-order chi connectivity index (χ1) is 13.8. The average molecular weight is 399 g/mol. The lowest BCUT2D eigenvalue weighted by Gasteiger charge is -2.42. The third-order valence-corrected chi connectivity index (χ3v) is 6.13. The molecule has 3 aliphatic rings. The minimum atomic E-state index is -1.20. The first kappa shape index (κ1) is 18.2. The van der Waals surface area contributed by atoms with E-state index in [2.05, 4.69) is 16.8 Å². The van der Waals surface area contributed by atoms with Gasteiger partial charge in [0.2, 0.25) is 0 Å². The Labute approximate surface area is 167 Å². The highest BCUT2D eigenvalue weighted by Crippen LogP contribution is 2.49. The van der Waals surface area contributed by atoms with Crippen molar-refractivity contribution in [1.82, 2.24) is 9.88 Å². The predicted octanol–water partition coefficient (Wildman–Crippen LogP) is 2.27. The highest BCUT2D eigenvalue weighted by Gasteiger charge is 2.43. The second-order valence-corrected chi connectivity index (χ2v) is 8.18. The van der Waals surface area contributed by atoms with Crippen LogP contribution in [0.2, 0.25) is 0 Å². The van der Waals surface area contributed by atoms with Crippen LogP contribution < -0.4 is 15.0 Å². The molecule has 1 aromatic carbocycles. The molecule has 1 unspecified atom stereocenters. The summed E-state index contributed by atoms with van der Waals surface area (Å²) in [5, 5.41) is 12.8. The maximum absolute atomic E-state index is 15.3. The Kier molecular flexibility index (Phi) is 3.96. The number of hydrogen-bond donors (Lipinski definition) is 2. The number of carbonyl (C=O) groups excluding carboxylic acids is 1. The Balaban J connectivity index is 1.69. The number of aromatic nitrogens is 1. The van der Waals surface area contributed by atoms with Crippen molar-refractivity contribution in [2.24, 2.45) is 5.92 Å². The summed E-state index contributed by atoms with van der Waals surface area (Å²) >= 11 is 0. The number of ether oxygens (including phenoxy) is 1. The van der Waals surface area contributed by atoms with Crippen molar-refractivity contribution >= 4 is 17.4 Å². The topological polar surface area (TPSA) is 83.8 Å². The SMILES string of the molecule is C[C@H]1Cn2cc(-c3c(F)cc4c5c3OC[C@H](C)N5CC(C(=O)O)C4=O)cc2CN1. The van der Waals surface area contributed by atoms with Crippen LogP contribution in [0.25, 0.3) is 11.1 Å². The summed E-state index contributed by atoms with van der Waals surface area (Å²) in [4.78, 5) is 26.2. The molecule has 0 saturated carbocycles. The monoisotopic (exact) mass is 399 g/mol. The zero-order chi connectivity index (χ0) is 20.4. The fourth-order valence-electron chi connectivity index (χ4n) is 4.59. The first-order valence-corrected chi connectivity index (χ1v) is 9.81. The molecule has 2 N–H and O–H groups in total. The molecule has 0 aliphatic carbocycles. The zero-order valence-corrected chi connectivity index (χ0v) is 16.2. The van der Waals surface area contributed by atoms with Crippen LogP contribution in [0.15, 0.2) is 18.3 Å². The first-order valence-electron chi connectivity index (χ1n) is 9.81. The smallest absolute Gasteiger partial charge is 0.316 e. The van der Waals surface area contributed by atoms with Crippen molar-refractivity contribution in [3.05, 3.63) is 35.4 Å². The molecule has 3 aliphatic heterocycles. The number of hydrogen-bond acceptors (Lipinski definition) is 5. The van der Waals surface area contributed by atoms with E-state index in [0.29, 0.717) is 41.8 Å².